The monoisotopic (exact) mass is 411 g/mol. The predicted octanol–water partition coefficient (Wildman–Crippen LogP) is 4.57. The highest BCUT2D eigenvalue weighted by Gasteiger charge is 2.22. The average molecular weight is 412 g/mol. The van der Waals surface area contributed by atoms with Gasteiger partial charge in [0.2, 0.25) is 5.91 Å². The number of fused-ring (bicyclic) bond motifs is 1. The van der Waals surface area contributed by atoms with E-state index in [4.69, 9.17) is 0 Å². The molecule has 2 heterocycles. The van der Waals surface area contributed by atoms with Gasteiger partial charge >= 0.3 is 0 Å². The molecule has 1 saturated heterocycles. The number of nitrogens with one attached hydrogen (secondary N) is 1. The minimum Gasteiger partial charge on any atom is -0.339 e. The van der Waals surface area contributed by atoms with Crippen molar-refractivity contribution in [3.8, 4) is 0 Å². The SMILES string of the molecule is Cc1c(NC(=O)CSc2nc3ccccc3s2)cccc1C(=O)N1CCCC1. The van der Waals surface area contributed by atoms with Crippen LogP contribution in [0.15, 0.2) is 46.8 Å². The molecule has 5 nitrogen and oxygen atoms in total. The quantitative estimate of drug-likeness (QED) is 0.625. The molecule has 1 aromatic heterocycles. The van der Waals surface area contributed by atoms with Crippen LogP contribution in [0.2, 0.25) is 0 Å². The number of para-hydroxylation sites is 1. The molecule has 0 unspecified atom stereocenters. The highest BCUT2D eigenvalue weighted by atomic mass is 32.2. The van der Waals surface area contributed by atoms with Gasteiger partial charge in [-0.15, -0.1) is 11.3 Å². The Morgan fingerprint density at radius 1 is 1.14 bits per heavy atom. The lowest BCUT2D eigenvalue weighted by Crippen LogP contribution is -2.28. The van der Waals surface area contributed by atoms with Gasteiger partial charge in [-0.1, -0.05) is 30.0 Å². The molecule has 0 bridgehead atoms. The van der Waals surface area contributed by atoms with E-state index in [-0.39, 0.29) is 17.6 Å². The van der Waals surface area contributed by atoms with Gasteiger partial charge in [0.25, 0.3) is 5.91 Å². The highest BCUT2D eigenvalue weighted by Crippen LogP contribution is 2.29. The molecule has 1 aliphatic heterocycles. The molecule has 0 aliphatic carbocycles. The van der Waals surface area contributed by atoms with Gasteiger partial charge < -0.3 is 10.2 Å². The van der Waals surface area contributed by atoms with Crippen LogP contribution < -0.4 is 5.32 Å². The molecular formula is C21H21N3O2S2. The van der Waals surface area contributed by atoms with E-state index in [0.29, 0.717) is 11.3 Å². The van der Waals surface area contributed by atoms with E-state index in [1.54, 1.807) is 11.3 Å². The fraction of sp³-hybridized carbons (Fsp3) is 0.286. The normalized spacial score (nSPS) is 13.8. The first-order valence-corrected chi connectivity index (χ1v) is 11.1. The predicted molar refractivity (Wildman–Crippen MR) is 115 cm³/mol. The van der Waals surface area contributed by atoms with E-state index >= 15 is 0 Å². The van der Waals surface area contributed by atoms with E-state index in [1.165, 1.54) is 11.8 Å². The first-order chi connectivity index (χ1) is 13.6. The second-order valence-corrected chi connectivity index (χ2v) is 9.01. The number of anilines is 1. The molecule has 7 heteroatoms. The third-order valence-electron chi connectivity index (χ3n) is 4.83. The molecule has 2 amide bonds. The summed E-state index contributed by atoms with van der Waals surface area (Å²) >= 11 is 3.02. The molecule has 0 spiro atoms. The summed E-state index contributed by atoms with van der Waals surface area (Å²) in [5.74, 6) is 0.233. The van der Waals surface area contributed by atoms with E-state index < -0.39 is 0 Å². The van der Waals surface area contributed by atoms with Crippen LogP contribution in [0, 0.1) is 6.92 Å². The Balaban J connectivity index is 1.41. The summed E-state index contributed by atoms with van der Waals surface area (Å²) in [5.41, 5.74) is 3.13. The minimum absolute atomic E-state index is 0.0509. The number of aromatic nitrogens is 1. The van der Waals surface area contributed by atoms with Crippen molar-refractivity contribution in [1.82, 2.24) is 9.88 Å². The van der Waals surface area contributed by atoms with Gasteiger partial charge in [-0.3, -0.25) is 9.59 Å². The van der Waals surface area contributed by atoms with Crippen molar-refractivity contribution in [2.45, 2.75) is 24.1 Å². The van der Waals surface area contributed by atoms with E-state index in [1.807, 2.05) is 54.3 Å². The van der Waals surface area contributed by atoms with Crippen LogP contribution in [0.3, 0.4) is 0 Å². The minimum atomic E-state index is -0.0990. The van der Waals surface area contributed by atoms with Crippen molar-refractivity contribution in [2.24, 2.45) is 0 Å². The topological polar surface area (TPSA) is 62.3 Å². The molecule has 28 heavy (non-hydrogen) atoms. The first kappa shape index (κ1) is 19.0. The Morgan fingerprint density at radius 3 is 2.71 bits per heavy atom. The van der Waals surface area contributed by atoms with Crippen molar-refractivity contribution in [3.05, 3.63) is 53.6 Å². The van der Waals surface area contributed by atoms with E-state index in [0.717, 1.165) is 46.1 Å². The number of rotatable bonds is 5. The Kier molecular flexibility index (Phi) is 5.64. The van der Waals surface area contributed by atoms with Crippen LogP contribution in [-0.2, 0) is 4.79 Å². The number of hydrogen-bond acceptors (Lipinski definition) is 5. The van der Waals surface area contributed by atoms with Gasteiger partial charge in [-0.05, 0) is 49.6 Å². The molecule has 3 aromatic rings. The molecule has 0 atom stereocenters. The Morgan fingerprint density at radius 2 is 1.93 bits per heavy atom. The molecule has 1 fully saturated rings. The molecule has 0 radical (unpaired) electrons. The Bertz CT molecular complexity index is 992. The van der Waals surface area contributed by atoms with Gasteiger partial charge in [-0.2, -0.15) is 0 Å². The smallest absolute Gasteiger partial charge is 0.254 e. The standard InChI is InChI=1S/C21H21N3O2S2/c1-14-15(20(26)24-11-4-5-12-24)7-6-9-16(14)22-19(25)13-27-21-23-17-8-2-3-10-18(17)28-21/h2-3,6-10H,4-5,11-13H2,1H3,(H,22,25). The van der Waals surface area contributed by atoms with Crippen LogP contribution in [-0.4, -0.2) is 40.5 Å². The maximum Gasteiger partial charge on any atom is 0.254 e. The summed E-state index contributed by atoms with van der Waals surface area (Å²) in [4.78, 5) is 31.6. The van der Waals surface area contributed by atoms with Crippen LogP contribution in [0.5, 0.6) is 0 Å². The highest BCUT2D eigenvalue weighted by molar-refractivity contribution is 8.01. The number of hydrogen-bond donors (Lipinski definition) is 1. The van der Waals surface area contributed by atoms with Crippen LogP contribution in [0.25, 0.3) is 10.2 Å². The van der Waals surface area contributed by atoms with Gasteiger partial charge in [0.1, 0.15) is 0 Å². The van der Waals surface area contributed by atoms with Gasteiger partial charge in [-0.25, -0.2) is 4.98 Å². The number of thiazole rings is 1. The number of nitrogens with zero attached hydrogens (tertiary/aromatic N) is 2. The van der Waals surface area contributed by atoms with Crippen LogP contribution in [0.4, 0.5) is 5.69 Å². The first-order valence-electron chi connectivity index (χ1n) is 9.29. The maximum absolute atomic E-state index is 12.7. The summed E-state index contributed by atoms with van der Waals surface area (Å²) in [6, 6.07) is 13.5. The van der Waals surface area contributed by atoms with Gasteiger partial charge in [0.05, 0.1) is 16.0 Å². The number of carbonyl (C=O) groups is 2. The summed E-state index contributed by atoms with van der Waals surface area (Å²) in [6.45, 7) is 3.51. The van der Waals surface area contributed by atoms with Crippen LogP contribution >= 0.6 is 23.1 Å². The van der Waals surface area contributed by atoms with Gasteiger partial charge in [0, 0.05) is 24.3 Å². The van der Waals surface area contributed by atoms with Gasteiger partial charge in [0.15, 0.2) is 4.34 Å². The lowest BCUT2D eigenvalue weighted by atomic mass is 10.1. The molecule has 4 rings (SSSR count). The zero-order chi connectivity index (χ0) is 19.5. The molecule has 0 saturated carbocycles. The van der Waals surface area contributed by atoms with Crippen molar-refractivity contribution in [3.63, 3.8) is 0 Å². The average Bonchev–Trinajstić information content (AvgIpc) is 3.37. The van der Waals surface area contributed by atoms with Crippen molar-refractivity contribution >= 4 is 50.8 Å². The zero-order valence-electron chi connectivity index (χ0n) is 15.6. The lowest BCUT2D eigenvalue weighted by Gasteiger charge is -2.18. The fourth-order valence-corrected chi connectivity index (χ4v) is 5.19. The summed E-state index contributed by atoms with van der Waals surface area (Å²) in [7, 11) is 0. The molecule has 1 aliphatic rings. The van der Waals surface area contributed by atoms with E-state index in [9.17, 15) is 9.59 Å². The Labute approximate surface area is 172 Å². The third kappa shape index (κ3) is 4.05. The lowest BCUT2D eigenvalue weighted by molar-refractivity contribution is -0.113. The largest absolute Gasteiger partial charge is 0.339 e. The summed E-state index contributed by atoms with van der Waals surface area (Å²) in [6.07, 6.45) is 2.12. The number of thioether (sulfide) groups is 1. The third-order valence-corrected chi connectivity index (χ3v) is 7.01. The number of benzene rings is 2. The number of likely N-dealkylation sites (tertiary alicyclic amines) is 1. The number of carbonyl (C=O) groups excluding carboxylic acids is 2. The molecule has 144 valence electrons. The van der Waals surface area contributed by atoms with Crippen molar-refractivity contribution in [1.29, 1.82) is 0 Å². The molecule has 1 N–H and O–H groups in total. The second-order valence-electron chi connectivity index (χ2n) is 6.76. The molecule has 2 aromatic carbocycles. The maximum atomic E-state index is 12.7. The summed E-state index contributed by atoms with van der Waals surface area (Å²) in [5, 5.41) is 2.95. The zero-order valence-corrected chi connectivity index (χ0v) is 17.2. The van der Waals surface area contributed by atoms with E-state index in [2.05, 4.69) is 10.3 Å². The van der Waals surface area contributed by atoms with Crippen molar-refractivity contribution in [2.75, 3.05) is 24.2 Å². The fourth-order valence-electron chi connectivity index (χ4n) is 3.32. The summed E-state index contributed by atoms with van der Waals surface area (Å²) < 4.78 is 2.00. The molecular weight excluding hydrogens is 390 g/mol. The number of amides is 2. The Hall–Kier alpha value is -2.38. The second kappa shape index (κ2) is 8.32. The van der Waals surface area contributed by atoms with Crippen LogP contribution in [0.1, 0.15) is 28.8 Å². The van der Waals surface area contributed by atoms with Crippen molar-refractivity contribution < 1.29 is 9.59 Å².